The maximum Gasteiger partial charge on any atom is 0.305 e. The second kappa shape index (κ2) is 36.5. The van der Waals surface area contributed by atoms with Crippen molar-refractivity contribution in [2.45, 2.75) is 213 Å². The second-order valence-electron chi connectivity index (χ2n) is 12.5. The van der Waals surface area contributed by atoms with Crippen LogP contribution in [0.15, 0.2) is 0 Å². The van der Waals surface area contributed by atoms with Crippen molar-refractivity contribution in [1.82, 2.24) is 0 Å². The van der Waals surface area contributed by atoms with E-state index in [1.54, 1.807) is 0 Å². The monoisotopic (exact) mass is 567 g/mol. The van der Waals surface area contributed by atoms with Gasteiger partial charge in [0, 0.05) is 13.0 Å². The minimum absolute atomic E-state index is 0.0507. The normalized spacial score (nSPS) is 11.3. The third kappa shape index (κ3) is 35.5. The molecule has 0 bridgehead atoms. The summed E-state index contributed by atoms with van der Waals surface area (Å²) in [5, 5.41) is 0. The Labute approximate surface area is 252 Å². The van der Waals surface area contributed by atoms with Crippen molar-refractivity contribution < 1.29 is 14.3 Å². The lowest BCUT2D eigenvalue weighted by atomic mass is 10.0. The van der Waals surface area contributed by atoms with Crippen molar-refractivity contribution in [3.63, 3.8) is 0 Å². The molecule has 0 saturated heterocycles. The van der Waals surface area contributed by atoms with Crippen molar-refractivity contribution in [3.05, 3.63) is 0 Å². The van der Waals surface area contributed by atoms with Gasteiger partial charge in [-0.3, -0.25) is 4.79 Å². The summed E-state index contributed by atoms with van der Waals surface area (Å²) in [6.45, 7) is 6.33. The first kappa shape index (κ1) is 39.4. The average molecular weight is 567 g/mol. The summed E-state index contributed by atoms with van der Waals surface area (Å²) in [6.07, 6.45) is 41.5. The van der Waals surface area contributed by atoms with Crippen molar-refractivity contribution in [2.24, 2.45) is 0 Å². The third-order valence-electron chi connectivity index (χ3n) is 8.37. The fraction of sp³-hybridized carbons (Fsp3) is 0.973. The van der Waals surface area contributed by atoms with E-state index in [0.29, 0.717) is 19.6 Å². The highest BCUT2D eigenvalue weighted by Gasteiger charge is 2.03. The van der Waals surface area contributed by atoms with E-state index in [9.17, 15) is 4.79 Å². The molecule has 0 aliphatic carbocycles. The van der Waals surface area contributed by atoms with Crippen molar-refractivity contribution >= 4 is 5.97 Å². The molecule has 3 heteroatoms. The average Bonchev–Trinajstić information content (AvgIpc) is 2.96. The van der Waals surface area contributed by atoms with E-state index in [1.165, 1.54) is 173 Å². The Morgan fingerprint density at radius 1 is 0.350 bits per heavy atom. The summed E-state index contributed by atoms with van der Waals surface area (Å²) in [7, 11) is 0. The van der Waals surface area contributed by atoms with Gasteiger partial charge in [0.1, 0.15) is 6.61 Å². The Bertz CT molecular complexity index is 464. The van der Waals surface area contributed by atoms with Crippen LogP contribution in [0.3, 0.4) is 0 Å². The van der Waals surface area contributed by atoms with Crippen LogP contribution in [0.25, 0.3) is 0 Å². The van der Waals surface area contributed by atoms with Crippen LogP contribution in [-0.4, -0.2) is 25.8 Å². The zero-order valence-corrected chi connectivity index (χ0v) is 27.8. The molecular weight excluding hydrogens is 492 g/mol. The van der Waals surface area contributed by atoms with E-state index in [2.05, 4.69) is 13.8 Å². The minimum Gasteiger partial charge on any atom is -0.463 e. The van der Waals surface area contributed by atoms with Crippen LogP contribution in [-0.2, 0) is 14.3 Å². The molecule has 3 nitrogen and oxygen atoms in total. The molecule has 0 aromatic rings. The van der Waals surface area contributed by atoms with E-state index in [4.69, 9.17) is 9.47 Å². The molecule has 0 unspecified atom stereocenters. The molecule has 0 aliphatic rings. The Kier molecular flexibility index (Phi) is 35.9. The van der Waals surface area contributed by atoms with Crippen LogP contribution < -0.4 is 0 Å². The predicted molar refractivity (Wildman–Crippen MR) is 176 cm³/mol. The topological polar surface area (TPSA) is 35.5 Å². The van der Waals surface area contributed by atoms with Crippen LogP contribution in [0.4, 0.5) is 0 Å². The SMILES string of the molecule is CCCCCCCCCCCCCCCCCOCCOC(=O)CCCCCCCCCCCCCCCCC. The molecule has 0 aromatic carbocycles. The fourth-order valence-electron chi connectivity index (χ4n) is 5.60. The van der Waals surface area contributed by atoms with E-state index < -0.39 is 0 Å². The van der Waals surface area contributed by atoms with Crippen LogP contribution in [0.2, 0.25) is 0 Å². The zero-order chi connectivity index (χ0) is 29.0. The van der Waals surface area contributed by atoms with Gasteiger partial charge in [0.2, 0.25) is 0 Å². The van der Waals surface area contributed by atoms with Crippen LogP contribution in [0, 0.1) is 0 Å². The van der Waals surface area contributed by atoms with Gasteiger partial charge in [-0.2, -0.15) is 0 Å². The van der Waals surface area contributed by atoms with Crippen LogP contribution in [0.5, 0.6) is 0 Å². The van der Waals surface area contributed by atoms with Gasteiger partial charge in [-0.25, -0.2) is 0 Å². The molecule has 0 heterocycles. The summed E-state index contributed by atoms with van der Waals surface area (Å²) in [5.41, 5.74) is 0. The molecule has 0 fully saturated rings. The predicted octanol–water partition coefficient (Wildman–Crippen LogP) is 12.7. The maximum atomic E-state index is 11.9. The third-order valence-corrected chi connectivity index (χ3v) is 8.37. The Morgan fingerprint density at radius 3 is 1.00 bits per heavy atom. The zero-order valence-electron chi connectivity index (χ0n) is 27.8. The first-order chi connectivity index (χ1) is 19.8. The summed E-state index contributed by atoms with van der Waals surface area (Å²) >= 11 is 0. The van der Waals surface area contributed by atoms with Crippen LogP contribution >= 0.6 is 0 Å². The van der Waals surface area contributed by atoms with E-state index in [-0.39, 0.29) is 5.97 Å². The summed E-state index contributed by atoms with van der Waals surface area (Å²) in [4.78, 5) is 11.9. The van der Waals surface area contributed by atoms with Gasteiger partial charge in [-0.1, -0.05) is 194 Å². The lowest BCUT2D eigenvalue weighted by molar-refractivity contribution is -0.145. The molecule has 0 amide bonds. The second-order valence-corrected chi connectivity index (χ2v) is 12.5. The number of hydrogen-bond acceptors (Lipinski definition) is 3. The van der Waals surface area contributed by atoms with Gasteiger partial charge in [-0.05, 0) is 12.8 Å². The number of esters is 1. The van der Waals surface area contributed by atoms with E-state index >= 15 is 0 Å². The summed E-state index contributed by atoms with van der Waals surface area (Å²) in [6, 6.07) is 0. The number of carbonyl (C=O) groups is 1. The number of unbranched alkanes of at least 4 members (excludes halogenated alkanes) is 28. The van der Waals surface area contributed by atoms with Crippen molar-refractivity contribution in [2.75, 3.05) is 19.8 Å². The minimum atomic E-state index is -0.0507. The van der Waals surface area contributed by atoms with E-state index in [0.717, 1.165) is 25.9 Å². The Balaban J connectivity index is 3.14. The van der Waals surface area contributed by atoms with Gasteiger partial charge in [0.25, 0.3) is 0 Å². The Morgan fingerprint density at radius 2 is 0.650 bits per heavy atom. The molecule has 0 atom stereocenters. The molecule has 0 rings (SSSR count). The number of rotatable bonds is 35. The standard InChI is InChI=1S/C37H74O3/c1-3-5-7-9-11-13-15-17-19-21-23-25-27-29-31-33-37(38)40-36-35-39-34-32-30-28-26-24-22-20-18-16-14-12-10-8-6-4-2/h3-36H2,1-2H3. The van der Waals surface area contributed by atoms with Gasteiger partial charge >= 0.3 is 5.97 Å². The van der Waals surface area contributed by atoms with Crippen molar-refractivity contribution in [3.8, 4) is 0 Å². The van der Waals surface area contributed by atoms with E-state index in [1.807, 2.05) is 0 Å². The molecule has 40 heavy (non-hydrogen) atoms. The molecule has 0 saturated carbocycles. The van der Waals surface area contributed by atoms with Crippen molar-refractivity contribution in [1.29, 1.82) is 0 Å². The number of hydrogen-bond donors (Lipinski definition) is 0. The molecule has 0 spiro atoms. The quantitative estimate of drug-likeness (QED) is 0.0565. The number of ether oxygens (including phenoxy) is 2. The highest BCUT2D eigenvalue weighted by molar-refractivity contribution is 5.69. The van der Waals surface area contributed by atoms with Gasteiger partial charge in [-0.15, -0.1) is 0 Å². The maximum absolute atomic E-state index is 11.9. The first-order valence-electron chi connectivity index (χ1n) is 18.5. The highest BCUT2D eigenvalue weighted by Crippen LogP contribution is 2.15. The molecule has 0 aliphatic heterocycles. The molecule has 0 radical (unpaired) electrons. The Hall–Kier alpha value is -0.570. The van der Waals surface area contributed by atoms with Gasteiger partial charge < -0.3 is 9.47 Å². The lowest BCUT2D eigenvalue weighted by Crippen LogP contribution is -2.10. The van der Waals surface area contributed by atoms with Gasteiger partial charge in [0.05, 0.1) is 6.61 Å². The lowest BCUT2D eigenvalue weighted by Gasteiger charge is -2.07. The first-order valence-corrected chi connectivity index (χ1v) is 18.5. The smallest absolute Gasteiger partial charge is 0.305 e. The summed E-state index contributed by atoms with van der Waals surface area (Å²) in [5.74, 6) is -0.0507. The molecule has 240 valence electrons. The molecular formula is C37H74O3. The molecule has 0 N–H and O–H groups in total. The largest absolute Gasteiger partial charge is 0.463 e. The van der Waals surface area contributed by atoms with Crippen LogP contribution in [0.1, 0.15) is 213 Å². The summed E-state index contributed by atoms with van der Waals surface area (Å²) < 4.78 is 11.0. The highest BCUT2D eigenvalue weighted by atomic mass is 16.6. The molecule has 0 aromatic heterocycles. The number of carbonyl (C=O) groups excluding carboxylic acids is 1. The fourth-order valence-corrected chi connectivity index (χ4v) is 5.60. The van der Waals surface area contributed by atoms with Gasteiger partial charge in [0.15, 0.2) is 0 Å².